The number of anilines is 1. The summed E-state index contributed by atoms with van der Waals surface area (Å²) in [6.45, 7) is 0.272. The first-order valence-electron chi connectivity index (χ1n) is 11.4. The number of hydrogen-bond donors (Lipinski definition) is 1. The number of nitrogens with zero attached hydrogens (tertiary/aromatic N) is 1. The number of methoxy groups -OCH3 is 2. The summed E-state index contributed by atoms with van der Waals surface area (Å²) in [5.41, 5.74) is 1.92. The summed E-state index contributed by atoms with van der Waals surface area (Å²) in [6, 6.07) is 12.2. The molecule has 1 N–H and O–H groups in total. The molecular weight excluding hydrogens is 425 g/mol. The quantitative estimate of drug-likeness (QED) is 0.564. The number of amides is 1. The van der Waals surface area contributed by atoms with Crippen LogP contribution in [-0.2, 0) is 26.5 Å². The van der Waals surface area contributed by atoms with Crippen LogP contribution in [0.2, 0.25) is 0 Å². The minimum atomic E-state index is -0.538. The van der Waals surface area contributed by atoms with Gasteiger partial charge in [0.25, 0.3) is 0 Å². The topological polar surface area (TPSA) is 68.2 Å². The van der Waals surface area contributed by atoms with Crippen LogP contribution in [-0.4, -0.2) is 45.0 Å². The van der Waals surface area contributed by atoms with Gasteiger partial charge in [-0.05, 0) is 67.5 Å². The maximum absolute atomic E-state index is 14.5. The molecule has 1 saturated carbocycles. The van der Waals surface area contributed by atoms with E-state index in [2.05, 4.69) is 0 Å². The number of rotatable bonds is 10. The van der Waals surface area contributed by atoms with Gasteiger partial charge in [0.05, 0.1) is 11.7 Å². The summed E-state index contributed by atoms with van der Waals surface area (Å²) >= 11 is 0. The molecule has 2 aromatic carbocycles. The molecule has 1 aliphatic rings. The number of ether oxygens (including phenoxy) is 3. The number of benzene rings is 2. The van der Waals surface area contributed by atoms with Crippen molar-refractivity contribution < 1.29 is 28.5 Å². The summed E-state index contributed by atoms with van der Waals surface area (Å²) in [4.78, 5) is 13.7. The van der Waals surface area contributed by atoms with Crippen molar-refractivity contribution >= 4 is 11.6 Å². The van der Waals surface area contributed by atoms with Crippen LogP contribution in [0.3, 0.4) is 0 Å². The van der Waals surface area contributed by atoms with Crippen LogP contribution in [0.5, 0.6) is 5.75 Å². The molecule has 33 heavy (non-hydrogen) atoms. The fourth-order valence-corrected chi connectivity index (χ4v) is 4.34. The first-order chi connectivity index (χ1) is 15.9. The Morgan fingerprint density at radius 3 is 2.45 bits per heavy atom. The Labute approximate surface area is 195 Å². The molecule has 0 bridgehead atoms. The lowest BCUT2D eigenvalue weighted by molar-refractivity contribution is -0.118. The Hall–Kier alpha value is -2.48. The second kappa shape index (κ2) is 11.6. The van der Waals surface area contributed by atoms with Crippen LogP contribution in [0.1, 0.15) is 49.7 Å². The molecule has 1 aliphatic carbocycles. The molecule has 3 rings (SSSR count). The van der Waals surface area contributed by atoms with Crippen molar-refractivity contribution in [2.24, 2.45) is 0 Å². The summed E-state index contributed by atoms with van der Waals surface area (Å²) < 4.78 is 31.7. The van der Waals surface area contributed by atoms with E-state index in [4.69, 9.17) is 19.3 Å². The number of carbonyl (C=O) groups is 1. The summed E-state index contributed by atoms with van der Waals surface area (Å²) in [7, 11) is 5.11. The molecule has 0 spiro atoms. The molecule has 0 unspecified atom stereocenters. The molecule has 0 atom stereocenters. The van der Waals surface area contributed by atoms with Crippen molar-refractivity contribution in [2.45, 2.75) is 56.8 Å². The monoisotopic (exact) mass is 459 g/mol. The number of carbonyl (C=O) groups excluding carboxylic acids is 1. The number of aliphatic hydroxyl groups is 1. The van der Waals surface area contributed by atoms with Gasteiger partial charge in [-0.15, -0.1) is 0 Å². The predicted octanol–water partition coefficient (Wildman–Crippen LogP) is 4.57. The molecule has 180 valence electrons. The molecule has 0 aliphatic heterocycles. The lowest BCUT2D eigenvalue weighted by atomic mass is 9.78. The zero-order valence-corrected chi connectivity index (χ0v) is 19.7. The van der Waals surface area contributed by atoms with E-state index in [1.165, 1.54) is 12.1 Å². The largest absolute Gasteiger partial charge is 0.489 e. The van der Waals surface area contributed by atoms with Crippen LogP contribution < -0.4 is 9.64 Å². The molecule has 0 radical (unpaired) electrons. The zero-order valence-electron chi connectivity index (χ0n) is 19.7. The minimum Gasteiger partial charge on any atom is -0.489 e. The van der Waals surface area contributed by atoms with Crippen molar-refractivity contribution in [3.05, 3.63) is 59.4 Å². The average Bonchev–Trinajstić information content (AvgIpc) is 2.85. The molecule has 0 aromatic heterocycles. The van der Waals surface area contributed by atoms with E-state index in [9.17, 15) is 9.18 Å². The molecule has 0 saturated heterocycles. The third-order valence-electron chi connectivity index (χ3n) is 6.51. The van der Waals surface area contributed by atoms with Gasteiger partial charge in [0.15, 0.2) is 0 Å². The van der Waals surface area contributed by atoms with Crippen LogP contribution in [0, 0.1) is 5.82 Å². The molecule has 1 amide bonds. The highest BCUT2D eigenvalue weighted by atomic mass is 19.1. The lowest BCUT2D eigenvalue weighted by Crippen LogP contribution is -2.36. The second-order valence-corrected chi connectivity index (χ2v) is 8.54. The smallest absolute Gasteiger partial charge is 0.226 e. The molecule has 7 heteroatoms. The second-order valence-electron chi connectivity index (χ2n) is 8.54. The third kappa shape index (κ3) is 6.31. The van der Waals surface area contributed by atoms with Crippen LogP contribution >= 0.6 is 0 Å². The van der Waals surface area contributed by atoms with Crippen molar-refractivity contribution in [1.29, 1.82) is 0 Å². The zero-order chi connectivity index (χ0) is 23.8. The van der Waals surface area contributed by atoms with Gasteiger partial charge in [-0.3, -0.25) is 4.79 Å². The van der Waals surface area contributed by atoms with Crippen LogP contribution in [0.25, 0.3) is 0 Å². The highest BCUT2D eigenvalue weighted by Gasteiger charge is 2.37. The van der Waals surface area contributed by atoms with E-state index in [1.54, 1.807) is 26.2 Å². The van der Waals surface area contributed by atoms with E-state index in [0.717, 1.165) is 42.5 Å². The summed E-state index contributed by atoms with van der Waals surface area (Å²) in [6.07, 6.45) is 4.20. The van der Waals surface area contributed by atoms with Crippen molar-refractivity contribution in [1.82, 2.24) is 0 Å². The Bertz CT molecular complexity index is 909. The fourth-order valence-electron chi connectivity index (χ4n) is 4.34. The number of aliphatic hydroxyl groups excluding tert-OH is 1. The third-order valence-corrected chi connectivity index (χ3v) is 6.51. The summed E-state index contributed by atoms with van der Waals surface area (Å²) in [5, 5.41) is 8.89. The highest BCUT2D eigenvalue weighted by Crippen LogP contribution is 2.42. The van der Waals surface area contributed by atoms with Crippen LogP contribution in [0.15, 0.2) is 42.5 Å². The lowest BCUT2D eigenvalue weighted by Gasteiger charge is -2.39. The van der Waals surface area contributed by atoms with E-state index in [-0.39, 0.29) is 31.0 Å². The normalized spacial score (nSPS) is 20.5. The van der Waals surface area contributed by atoms with Crippen molar-refractivity contribution in [2.75, 3.05) is 32.8 Å². The number of hydrogen-bond acceptors (Lipinski definition) is 5. The van der Waals surface area contributed by atoms with E-state index in [1.807, 2.05) is 30.3 Å². The molecular formula is C26H34FNO5. The first kappa shape index (κ1) is 25.1. The predicted molar refractivity (Wildman–Crippen MR) is 125 cm³/mol. The van der Waals surface area contributed by atoms with Crippen LogP contribution in [0.4, 0.5) is 10.1 Å². The van der Waals surface area contributed by atoms with E-state index >= 15 is 0 Å². The van der Waals surface area contributed by atoms with Crippen molar-refractivity contribution in [3.63, 3.8) is 0 Å². The standard InChI is InChI=1S/C26H34FNO5/c1-28(25(30)5-4-14-29)22-8-6-19(7-9-22)18-33-24-16-20(15-21(27)17-24)26(32-3)12-10-23(31-2)11-13-26/h6-9,15-17,23,29H,4-5,10-14,18H2,1-3H3/t23-,26+. The minimum absolute atomic E-state index is 0.00315. The molecule has 1 fully saturated rings. The maximum atomic E-state index is 14.5. The van der Waals surface area contributed by atoms with E-state index in [0.29, 0.717) is 18.6 Å². The SMILES string of the molecule is CO[C@H]1CC[C@](OC)(c2cc(F)cc(OCc3ccc(N(C)C(=O)CCCO)cc3)c2)CC1. The van der Waals surface area contributed by atoms with E-state index < -0.39 is 5.60 Å². The van der Waals surface area contributed by atoms with Gasteiger partial charge in [-0.25, -0.2) is 4.39 Å². The molecule has 6 nitrogen and oxygen atoms in total. The molecule has 0 heterocycles. The highest BCUT2D eigenvalue weighted by molar-refractivity contribution is 5.92. The Balaban J connectivity index is 1.66. The van der Waals surface area contributed by atoms with Gasteiger partial charge >= 0.3 is 0 Å². The Morgan fingerprint density at radius 1 is 1.15 bits per heavy atom. The fraction of sp³-hybridized carbons (Fsp3) is 0.500. The molecule has 2 aromatic rings. The van der Waals surface area contributed by atoms with Gasteiger partial charge in [-0.2, -0.15) is 0 Å². The van der Waals surface area contributed by atoms with Crippen molar-refractivity contribution in [3.8, 4) is 5.75 Å². The average molecular weight is 460 g/mol. The van der Waals surface area contributed by atoms with Gasteiger partial charge in [0.2, 0.25) is 5.91 Å². The summed E-state index contributed by atoms with van der Waals surface area (Å²) in [5.74, 6) is 0.0498. The maximum Gasteiger partial charge on any atom is 0.226 e. The first-order valence-corrected chi connectivity index (χ1v) is 11.4. The number of halogens is 1. The van der Waals surface area contributed by atoms with Gasteiger partial charge in [0, 0.05) is 46.0 Å². The Kier molecular flexibility index (Phi) is 8.83. The van der Waals surface area contributed by atoms with Gasteiger partial charge in [-0.1, -0.05) is 12.1 Å². The van der Waals surface area contributed by atoms with Gasteiger partial charge < -0.3 is 24.2 Å². The van der Waals surface area contributed by atoms with Gasteiger partial charge in [0.1, 0.15) is 18.2 Å². The Morgan fingerprint density at radius 2 is 1.85 bits per heavy atom.